The van der Waals surface area contributed by atoms with E-state index in [0.717, 1.165) is 24.0 Å². The van der Waals surface area contributed by atoms with E-state index in [1.165, 1.54) is 6.07 Å². The van der Waals surface area contributed by atoms with Gasteiger partial charge in [0.05, 0.1) is 0 Å². The topological polar surface area (TPSA) is 32.3 Å². The lowest BCUT2D eigenvalue weighted by Gasteiger charge is -2.12. The zero-order valence-corrected chi connectivity index (χ0v) is 11.6. The van der Waals surface area contributed by atoms with Crippen molar-refractivity contribution in [1.29, 1.82) is 0 Å². The molecule has 1 aromatic carbocycles. The Morgan fingerprint density at radius 3 is 2.88 bits per heavy atom. The van der Waals surface area contributed by atoms with Crippen LogP contribution in [0.3, 0.4) is 0 Å². The molecule has 1 aromatic rings. The highest BCUT2D eigenvalue weighted by atomic mass is 79.9. The average molecular weight is 304 g/mol. The van der Waals surface area contributed by atoms with Gasteiger partial charge in [-0.25, -0.2) is 4.39 Å². The highest BCUT2D eigenvalue weighted by Gasteiger charge is 2.05. The van der Waals surface area contributed by atoms with Gasteiger partial charge in [-0.15, -0.1) is 0 Å². The third-order valence-electron chi connectivity index (χ3n) is 2.85. The summed E-state index contributed by atoms with van der Waals surface area (Å²) in [6.07, 6.45) is 1.61. The van der Waals surface area contributed by atoms with Crippen LogP contribution in [0.15, 0.2) is 22.7 Å². The molecule has 0 saturated heterocycles. The van der Waals surface area contributed by atoms with Crippen molar-refractivity contribution in [3.63, 3.8) is 0 Å². The van der Waals surface area contributed by atoms with Crippen molar-refractivity contribution in [2.24, 2.45) is 5.92 Å². The van der Waals surface area contributed by atoms with Crippen LogP contribution in [0.4, 0.5) is 4.39 Å². The highest BCUT2D eigenvalue weighted by Crippen LogP contribution is 2.15. The van der Waals surface area contributed by atoms with Gasteiger partial charge in [-0.1, -0.05) is 22.9 Å². The number of hydrogen-bond donors (Lipinski definition) is 2. The molecule has 0 aliphatic rings. The largest absolute Gasteiger partial charge is 0.396 e. The van der Waals surface area contributed by atoms with Gasteiger partial charge in [0.1, 0.15) is 5.82 Å². The summed E-state index contributed by atoms with van der Waals surface area (Å²) in [5, 5.41) is 12.3. The maximum Gasteiger partial charge on any atom is 0.126 e. The van der Waals surface area contributed by atoms with E-state index in [2.05, 4.69) is 28.2 Å². The maximum atomic E-state index is 13.4. The summed E-state index contributed by atoms with van der Waals surface area (Å²) in [5.74, 6) is 0.131. The minimum absolute atomic E-state index is 0.163. The van der Waals surface area contributed by atoms with Gasteiger partial charge in [0.15, 0.2) is 0 Å². The third-order valence-corrected chi connectivity index (χ3v) is 3.34. The minimum Gasteiger partial charge on any atom is -0.396 e. The van der Waals surface area contributed by atoms with Crippen molar-refractivity contribution in [2.75, 3.05) is 19.7 Å². The second-order valence-corrected chi connectivity index (χ2v) is 5.06. The fourth-order valence-electron chi connectivity index (χ4n) is 1.60. The smallest absolute Gasteiger partial charge is 0.126 e. The summed E-state index contributed by atoms with van der Waals surface area (Å²) >= 11 is 3.33. The molecule has 0 aromatic heterocycles. The van der Waals surface area contributed by atoms with Crippen LogP contribution < -0.4 is 5.32 Å². The first-order valence-electron chi connectivity index (χ1n) is 5.92. The average Bonchev–Trinajstić information content (AvgIpc) is 2.33. The number of aliphatic hydroxyl groups excluding tert-OH is 1. The molecule has 0 bridgehead atoms. The van der Waals surface area contributed by atoms with E-state index in [9.17, 15) is 4.39 Å². The molecular formula is C13H19BrFNO. The van der Waals surface area contributed by atoms with Gasteiger partial charge in [-0.2, -0.15) is 0 Å². The Balaban J connectivity index is 2.33. The molecule has 0 heterocycles. The fourth-order valence-corrected chi connectivity index (χ4v) is 2.01. The first-order chi connectivity index (χ1) is 8.17. The fraction of sp³-hybridized carbons (Fsp3) is 0.538. The number of rotatable bonds is 7. The van der Waals surface area contributed by atoms with Crippen molar-refractivity contribution in [3.05, 3.63) is 34.1 Å². The van der Waals surface area contributed by atoms with E-state index in [4.69, 9.17) is 5.11 Å². The molecule has 0 radical (unpaired) electrons. The first kappa shape index (κ1) is 14.6. The molecule has 17 heavy (non-hydrogen) atoms. The van der Waals surface area contributed by atoms with Crippen LogP contribution in [0, 0.1) is 11.7 Å². The van der Waals surface area contributed by atoms with Crippen LogP contribution in [-0.2, 0) is 6.42 Å². The summed E-state index contributed by atoms with van der Waals surface area (Å²) in [5.41, 5.74) is 0.712. The van der Waals surface area contributed by atoms with Gasteiger partial charge in [0.2, 0.25) is 0 Å². The number of halogens is 2. The van der Waals surface area contributed by atoms with Crippen LogP contribution in [0.1, 0.15) is 18.9 Å². The summed E-state index contributed by atoms with van der Waals surface area (Å²) < 4.78 is 14.3. The number of benzene rings is 1. The normalized spacial score (nSPS) is 12.7. The summed E-state index contributed by atoms with van der Waals surface area (Å²) in [6.45, 7) is 3.76. The van der Waals surface area contributed by atoms with E-state index < -0.39 is 0 Å². The molecule has 4 heteroatoms. The van der Waals surface area contributed by atoms with Crippen molar-refractivity contribution in [2.45, 2.75) is 19.8 Å². The molecule has 0 saturated carbocycles. The van der Waals surface area contributed by atoms with Gasteiger partial charge < -0.3 is 10.4 Å². The molecule has 0 aliphatic carbocycles. The van der Waals surface area contributed by atoms with Gasteiger partial charge in [-0.3, -0.25) is 0 Å². The first-order valence-corrected chi connectivity index (χ1v) is 6.72. The predicted octanol–water partition coefficient (Wildman–Crippen LogP) is 2.74. The van der Waals surface area contributed by atoms with E-state index in [1.807, 2.05) is 0 Å². The van der Waals surface area contributed by atoms with E-state index in [1.54, 1.807) is 12.1 Å². The molecule has 0 fully saturated rings. The van der Waals surface area contributed by atoms with Gasteiger partial charge >= 0.3 is 0 Å². The Morgan fingerprint density at radius 1 is 1.47 bits per heavy atom. The van der Waals surface area contributed by atoms with Gasteiger partial charge in [0.25, 0.3) is 0 Å². The van der Waals surface area contributed by atoms with Crippen LogP contribution in [0.25, 0.3) is 0 Å². The van der Waals surface area contributed by atoms with Crippen LogP contribution in [0.5, 0.6) is 0 Å². The molecular weight excluding hydrogens is 285 g/mol. The molecule has 0 spiro atoms. The van der Waals surface area contributed by atoms with Crippen LogP contribution >= 0.6 is 15.9 Å². The van der Waals surface area contributed by atoms with Crippen LogP contribution in [-0.4, -0.2) is 24.8 Å². The van der Waals surface area contributed by atoms with Crippen molar-refractivity contribution in [3.8, 4) is 0 Å². The Bertz CT molecular complexity index is 342. The molecule has 1 rings (SSSR count). The van der Waals surface area contributed by atoms with E-state index in [0.29, 0.717) is 17.9 Å². The zero-order valence-electron chi connectivity index (χ0n) is 10.0. The molecule has 1 unspecified atom stereocenters. The maximum absolute atomic E-state index is 13.4. The van der Waals surface area contributed by atoms with Crippen molar-refractivity contribution in [1.82, 2.24) is 5.32 Å². The third kappa shape index (κ3) is 5.15. The van der Waals surface area contributed by atoms with Crippen molar-refractivity contribution < 1.29 is 9.50 Å². The molecule has 0 aliphatic heterocycles. The minimum atomic E-state index is -0.163. The zero-order chi connectivity index (χ0) is 12.7. The Hall–Kier alpha value is -0.450. The standard InChI is InChI=1S/C13H19BrFNO/c1-2-10(9-17)8-16-6-5-11-7-12(14)3-4-13(11)15/h3-4,7,10,16-17H,2,5-6,8-9H2,1H3. The van der Waals surface area contributed by atoms with Gasteiger partial charge in [-0.05, 0) is 49.1 Å². The predicted molar refractivity (Wildman–Crippen MR) is 71.5 cm³/mol. The lowest BCUT2D eigenvalue weighted by Crippen LogP contribution is -2.26. The Kier molecular flexibility index (Phi) is 6.70. The Labute approximate surface area is 110 Å². The number of hydrogen-bond acceptors (Lipinski definition) is 2. The molecule has 2 nitrogen and oxygen atoms in total. The van der Waals surface area contributed by atoms with Crippen LogP contribution in [0.2, 0.25) is 0 Å². The summed E-state index contributed by atoms with van der Waals surface area (Å²) in [4.78, 5) is 0. The highest BCUT2D eigenvalue weighted by molar-refractivity contribution is 9.10. The number of nitrogens with one attached hydrogen (secondary N) is 1. The molecule has 96 valence electrons. The Morgan fingerprint density at radius 2 is 2.24 bits per heavy atom. The summed E-state index contributed by atoms with van der Waals surface area (Å²) in [7, 11) is 0. The molecule has 2 N–H and O–H groups in total. The second-order valence-electron chi connectivity index (χ2n) is 4.15. The molecule has 1 atom stereocenters. The van der Waals surface area contributed by atoms with E-state index in [-0.39, 0.29) is 12.4 Å². The molecule has 0 amide bonds. The van der Waals surface area contributed by atoms with Crippen molar-refractivity contribution >= 4 is 15.9 Å². The lowest BCUT2D eigenvalue weighted by atomic mass is 10.1. The lowest BCUT2D eigenvalue weighted by molar-refractivity contribution is 0.219. The SMILES string of the molecule is CCC(CO)CNCCc1cc(Br)ccc1F. The van der Waals surface area contributed by atoms with Gasteiger partial charge in [0, 0.05) is 17.6 Å². The summed E-state index contributed by atoms with van der Waals surface area (Å²) in [6, 6.07) is 4.98. The quantitative estimate of drug-likeness (QED) is 0.759. The number of aliphatic hydroxyl groups is 1. The van der Waals surface area contributed by atoms with E-state index >= 15 is 0 Å². The second kappa shape index (κ2) is 7.80. The monoisotopic (exact) mass is 303 g/mol.